The Bertz CT molecular complexity index is 405. The molecular formula is C15H24N2O. The Balaban J connectivity index is 2.16. The van der Waals surface area contributed by atoms with Gasteiger partial charge >= 0.3 is 0 Å². The second-order valence-corrected chi connectivity index (χ2v) is 5.38. The molecule has 0 bridgehead atoms. The molecule has 1 aromatic carbocycles. The summed E-state index contributed by atoms with van der Waals surface area (Å²) in [5, 5.41) is 9.15. The van der Waals surface area contributed by atoms with Gasteiger partial charge in [0.25, 0.3) is 0 Å². The second-order valence-electron chi connectivity index (χ2n) is 5.38. The van der Waals surface area contributed by atoms with Crippen LogP contribution in [0.3, 0.4) is 0 Å². The molecule has 1 heterocycles. The molecular weight excluding hydrogens is 224 g/mol. The smallest absolute Gasteiger partial charge is 0.0446 e. The molecule has 0 amide bonds. The highest BCUT2D eigenvalue weighted by molar-refractivity contribution is 5.55. The summed E-state index contributed by atoms with van der Waals surface area (Å²) in [5.74, 6) is 0. The zero-order valence-electron chi connectivity index (χ0n) is 11.7. The van der Waals surface area contributed by atoms with Gasteiger partial charge in [0.1, 0.15) is 0 Å². The van der Waals surface area contributed by atoms with E-state index in [1.54, 1.807) is 0 Å². The van der Waals surface area contributed by atoms with Crippen molar-refractivity contribution in [2.24, 2.45) is 0 Å². The Labute approximate surface area is 110 Å². The summed E-state index contributed by atoms with van der Waals surface area (Å²) >= 11 is 0. The molecule has 1 aromatic rings. The lowest BCUT2D eigenvalue weighted by atomic mass is 10.1. The summed E-state index contributed by atoms with van der Waals surface area (Å²) in [4.78, 5) is 4.82. The summed E-state index contributed by atoms with van der Waals surface area (Å²) in [6.45, 7) is 7.75. The van der Waals surface area contributed by atoms with Crippen molar-refractivity contribution in [2.75, 3.05) is 38.2 Å². The van der Waals surface area contributed by atoms with Crippen LogP contribution < -0.4 is 4.90 Å². The third-order valence-corrected chi connectivity index (χ3v) is 3.94. The van der Waals surface area contributed by atoms with Gasteiger partial charge in [-0.25, -0.2) is 0 Å². The van der Waals surface area contributed by atoms with E-state index < -0.39 is 0 Å². The van der Waals surface area contributed by atoms with Crippen LogP contribution in [-0.4, -0.2) is 49.3 Å². The van der Waals surface area contributed by atoms with Gasteiger partial charge in [0.05, 0.1) is 0 Å². The van der Waals surface area contributed by atoms with Crippen molar-refractivity contribution in [1.29, 1.82) is 0 Å². The number of hydrogen-bond donors (Lipinski definition) is 1. The molecule has 0 saturated carbocycles. The molecule has 0 spiro atoms. The first-order valence-corrected chi connectivity index (χ1v) is 6.75. The van der Waals surface area contributed by atoms with Gasteiger partial charge in [0.15, 0.2) is 0 Å². The lowest BCUT2D eigenvalue weighted by Crippen LogP contribution is -2.52. The molecule has 1 aliphatic rings. The minimum absolute atomic E-state index is 0.273. The Morgan fingerprint density at radius 3 is 2.78 bits per heavy atom. The Morgan fingerprint density at radius 1 is 1.28 bits per heavy atom. The molecule has 100 valence electrons. The first-order chi connectivity index (χ1) is 8.61. The van der Waals surface area contributed by atoms with E-state index in [0.717, 1.165) is 26.1 Å². The highest BCUT2D eigenvalue weighted by Gasteiger charge is 2.24. The molecule has 1 atom stereocenters. The highest BCUT2D eigenvalue weighted by atomic mass is 16.3. The number of aliphatic hydroxyl groups is 1. The Morgan fingerprint density at radius 2 is 2.06 bits per heavy atom. The number of rotatable bonds is 3. The minimum atomic E-state index is 0.273. The number of aryl methyl sites for hydroxylation is 2. The van der Waals surface area contributed by atoms with E-state index in [-0.39, 0.29) is 6.61 Å². The van der Waals surface area contributed by atoms with Gasteiger partial charge in [-0.15, -0.1) is 0 Å². The second kappa shape index (κ2) is 5.72. The lowest BCUT2D eigenvalue weighted by molar-refractivity contribution is 0.171. The fourth-order valence-corrected chi connectivity index (χ4v) is 2.69. The zero-order chi connectivity index (χ0) is 13.1. The van der Waals surface area contributed by atoms with Crippen molar-refractivity contribution in [2.45, 2.75) is 26.3 Å². The standard InChI is InChI=1S/C15H24N2O/c1-12-4-5-13(2)15(10-12)17-8-7-16(3)14(11-17)6-9-18/h4-5,10,14,18H,6-9,11H2,1-3H3. The van der Waals surface area contributed by atoms with Gasteiger partial charge in [0, 0.05) is 38.0 Å². The monoisotopic (exact) mass is 248 g/mol. The van der Waals surface area contributed by atoms with Gasteiger partial charge < -0.3 is 10.0 Å². The summed E-state index contributed by atoms with van der Waals surface area (Å²) < 4.78 is 0. The minimum Gasteiger partial charge on any atom is -0.396 e. The van der Waals surface area contributed by atoms with Crippen LogP contribution in [0.2, 0.25) is 0 Å². The van der Waals surface area contributed by atoms with Crippen molar-refractivity contribution in [3.63, 3.8) is 0 Å². The van der Waals surface area contributed by atoms with Gasteiger partial charge in [-0.3, -0.25) is 4.90 Å². The van der Waals surface area contributed by atoms with Gasteiger partial charge in [-0.1, -0.05) is 12.1 Å². The molecule has 1 fully saturated rings. The first kappa shape index (κ1) is 13.4. The van der Waals surface area contributed by atoms with E-state index in [1.807, 2.05) is 0 Å². The molecule has 2 rings (SSSR count). The van der Waals surface area contributed by atoms with Crippen LogP contribution >= 0.6 is 0 Å². The number of aliphatic hydroxyl groups excluding tert-OH is 1. The molecule has 3 heteroatoms. The summed E-state index contributed by atoms with van der Waals surface area (Å²) in [6, 6.07) is 7.10. The van der Waals surface area contributed by atoms with Crippen LogP contribution in [-0.2, 0) is 0 Å². The molecule has 1 aliphatic heterocycles. The third-order valence-electron chi connectivity index (χ3n) is 3.94. The molecule has 1 saturated heterocycles. The number of anilines is 1. The number of likely N-dealkylation sites (N-methyl/N-ethyl adjacent to an activating group) is 1. The van der Waals surface area contributed by atoms with Crippen molar-refractivity contribution in [1.82, 2.24) is 4.90 Å². The van der Waals surface area contributed by atoms with Crippen molar-refractivity contribution in [3.8, 4) is 0 Å². The van der Waals surface area contributed by atoms with Gasteiger partial charge in [-0.2, -0.15) is 0 Å². The number of piperazine rings is 1. The van der Waals surface area contributed by atoms with Gasteiger partial charge in [0.2, 0.25) is 0 Å². The van der Waals surface area contributed by atoms with E-state index >= 15 is 0 Å². The van der Waals surface area contributed by atoms with Gasteiger partial charge in [-0.05, 0) is 44.5 Å². The molecule has 0 aromatic heterocycles. The third kappa shape index (κ3) is 2.85. The van der Waals surface area contributed by atoms with Crippen LogP contribution in [0.25, 0.3) is 0 Å². The summed E-state index contributed by atoms with van der Waals surface area (Å²) in [6.07, 6.45) is 0.859. The normalized spacial score (nSPS) is 21.3. The van der Waals surface area contributed by atoms with Crippen molar-refractivity contribution >= 4 is 5.69 Å². The van der Waals surface area contributed by atoms with Crippen LogP contribution in [0.4, 0.5) is 5.69 Å². The van der Waals surface area contributed by atoms with E-state index in [0.29, 0.717) is 6.04 Å². The SMILES string of the molecule is Cc1ccc(C)c(N2CCN(C)C(CCO)C2)c1. The molecule has 0 aliphatic carbocycles. The largest absolute Gasteiger partial charge is 0.396 e. The number of nitrogens with zero attached hydrogens (tertiary/aromatic N) is 2. The average molecular weight is 248 g/mol. The van der Waals surface area contributed by atoms with E-state index in [9.17, 15) is 0 Å². The maximum atomic E-state index is 9.15. The number of hydrogen-bond acceptors (Lipinski definition) is 3. The Kier molecular flexibility index (Phi) is 4.25. The zero-order valence-corrected chi connectivity index (χ0v) is 11.7. The van der Waals surface area contributed by atoms with E-state index in [4.69, 9.17) is 5.11 Å². The predicted molar refractivity (Wildman–Crippen MR) is 76.2 cm³/mol. The predicted octanol–water partition coefficient (Wildman–Crippen LogP) is 1.81. The lowest BCUT2D eigenvalue weighted by Gasteiger charge is -2.41. The molecule has 18 heavy (non-hydrogen) atoms. The summed E-state index contributed by atoms with van der Waals surface area (Å²) in [5.41, 5.74) is 4.01. The molecule has 1 unspecified atom stereocenters. The van der Waals surface area contributed by atoms with E-state index in [2.05, 4.69) is 48.9 Å². The molecule has 3 nitrogen and oxygen atoms in total. The molecule has 1 N–H and O–H groups in total. The quantitative estimate of drug-likeness (QED) is 0.883. The molecule has 0 radical (unpaired) electrons. The highest BCUT2D eigenvalue weighted by Crippen LogP contribution is 2.24. The average Bonchev–Trinajstić information content (AvgIpc) is 2.35. The first-order valence-electron chi connectivity index (χ1n) is 6.75. The van der Waals surface area contributed by atoms with Crippen LogP contribution in [0, 0.1) is 13.8 Å². The fraction of sp³-hybridized carbons (Fsp3) is 0.600. The van der Waals surface area contributed by atoms with Crippen LogP contribution in [0.15, 0.2) is 18.2 Å². The summed E-state index contributed by atoms with van der Waals surface area (Å²) in [7, 11) is 2.15. The maximum absolute atomic E-state index is 9.15. The van der Waals surface area contributed by atoms with Crippen LogP contribution in [0.1, 0.15) is 17.5 Å². The topological polar surface area (TPSA) is 26.7 Å². The fourth-order valence-electron chi connectivity index (χ4n) is 2.69. The van der Waals surface area contributed by atoms with Crippen LogP contribution in [0.5, 0.6) is 0 Å². The van der Waals surface area contributed by atoms with Crippen molar-refractivity contribution in [3.05, 3.63) is 29.3 Å². The number of benzene rings is 1. The van der Waals surface area contributed by atoms with Crippen molar-refractivity contribution < 1.29 is 5.11 Å². The van der Waals surface area contributed by atoms with E-state index in [1.165, 1.54) is 16.8 Å². The Hall–Kier alpha value is -1.06. The maximum Gasteiger partial charge on any atom is 0.0446 e.